The van der Waals surface area contributed by atoms with Gasteiger partial charge in [0.15, 0.2) is 5.96 Å². The molecule has 1 fully saturated rings. The fraction of sp³-hybridized carbons (Fsp3) is 0.650. The van der Waals surface area contributed by atoms with Crippen LogP contribution in [0.3, 0.4) is 0 Å². The molecule has 27 heavy (non-hydrogen) atoms. The second kappa shape index (κ2) is 12.0. The van der Waals surface area contributed by atoms with Crippen molar-refractivity contribution >= 4 is 41.7 Å². The van der Waals surface area contributed by atoms with Crippen LogP contribution in [0.4, 0.5) is 0 Å². The largest absolute Gasteiger partial charge is 0.492 e. The van der Waals surface area contributed by atoms with Crippen molar-refractivity contribution < 1.29 is 9.47 Å². The van der Waals surface area contributed by atoms with Crippen LogP contribution in [0.2, 0.25) is 0 Å². The first-order valence-electron chi connectivity index (χ1n) is 9.24. The first kappa shape index (κ1) is 24.4. The van der Waals surface area contributed by atoms with Gasteiger partial charge in [0.1, 0.15) is 12.4 Å². The molecule has 0 bridgehead atoms. The Morgan fingerprint density at radius 1 is 1.26 bits per heavy atom. The van der Waals surface area contributed by atoms with Crippen LogP contribution in [0, 0.1) is 13.8 Å². The minimum atomic E-state index is 0. The van der Waals surface area contributed by atoms with Crippen molar-refractivity contribution in [3.63, 3.8) is 0 Å². The number of aryl methyl sites for hydroxylation is 2. The van der Waals surface area contributed by atoms with Crippen molar-refractivity contribution in [2.75, 3.05) is 53.3 Å². The third-order valence-corrected chi connectivity index (χ3v) is 6.29. The number of likely N-dealkylation sites (N-methyl/N-ethyl adjacent to an activating group) is 1. The Balaban J connectivity index is 0.00000364. The lowest BCUT2D eigenvalue weighted by Gasteiger charge is -2.36. The summed E-state index contributed by atoms with van der Waals surface area (Å²) in [7, 11) is 3.88. The lowest BCUT2D eigenvalue weighted by Crippen LogP contribution is -2.49. The fourth-order valence-electron chi connectivity index (χ4n) is 3.24. The first-order chi connectivity index (χ1) is 12.5. The number of rotatable bonds is 7. The highest BCUT2D eigenvalue weighted by Crippen LogP contribution is 2.33. The number of guanidine groups is 1. The third kappa shape index (κ3) is 7.69. The van der Waals surface area contributed by atoms with Crippen molar-refractivity contribution in [2.24, 2.45) is 4.99 Å². The highest BCUT2D eigenvalue weighted by atomic mass is 127. The smallest absolute Gasteiger partial charge is 0.193 e. The summed E-state index contributed by atoms with van der Waals surface area (Å²) < 4.78 is 11.7. The van der Waals surface area contributed by atoms with E-state index >= 15 is 0 Å². The molecule has 0 aliphatic carbocycles. The van der Waals surface area contributed by atoms with E-state index in [1.165, 1.54) is 11.1 Å². The van der Waals surface area contributed by atoms with E-state index < -0.39 is 0 Å². The van der Waals surface area contributed by atoms with E-state index in [4.69, 9.17) is 9.47 Å². The maximum absolute atomic E-state index is 5.92. The molecule has 0 atom stereocenters. The van der Waals surface area contributed by atoms with Crippen LogP contribution in [0.25, 0.3) is 0 Å². The van der Waals surface area contributed by atoms with Gasteiger partial charge >= 0.3 is 0 Å². The van der Waals surface area contributed by atoms with Gasteiger partial charge in [0.2, 0.25) is 0 Å². The van der Waals surface area contributed by atoms with Crippen molar-refractivity contribution in [3.8, 4) is 5.75 Å². The summed E-state index contributed by atoms with van der Waals surface area (Å²) in [5.41, 5.74) is 2.45. The molecule has 1 aliphatic rings. The van der Waals surface area contributed by atoms with Gasteiger partial charge in [0.05, 0.1) is 6.54 Å². The molecule has 0 saturated carbocycles. The highest BCUT2D eigenvalue weighted by Gasteiger charge is 2.32. The second-order valence-corrected chi connectivity index (χ2v) is 8.27. The number of benzene rings is 1. The number of hydrogen-bond donors (Lipinski definition) is 1. The van der Waals surface area contributed by atoms with Crippen LogP contribution >= 0.6 is 35.7 Å². The molecule has 1 aromatic carbocycles. The Bertz CT molecular complexity index is 587. The SMILES string of the molecule is CN=C(NCC1(SC)CCOCC1)N(C)CCOc1cc(C)cc(C)c1.I. The molecule has 1 N–H and O–H groups in total. The molecule has 0 radical (unpaired) electrons. The number of ether oxygens (including phenoxy) is 2. The molecule has 2 rings (SSSR count). The quantitative estimate of drug-likeness (QED) is 0.347. The van der Waals surface area contributed by atoms with E-state index in [1.54, 1.807) is 0 Å². The van der Waals surface area contributed by atoms with Gasteiger partial charge in [-0.3, -0.25) is 4.99 Å². The molecule has 0 amide bonds. The lowest BCUT2D eigenvalue weighted by molar-refractivity contribution is 0.0781. The molecule has 1 aliphatic heterocycles. The normalized spacial score (nSPS) is 16.4. The molecular formula is C20H34IN3O2S. The maximum Gasteiger partial charge on any atom is 0.193 e. The molecule has 7 heteroatoms. The second-order valence-electron chi connectivity index (χ2n) is 6.99. The van der Waals surface area contributed by atoms with Gasteiger partial charge in [-0.15, -0.1) is 24.0 Å². The average Bonchev–Trinajstić information content (AvgIpc) is 2.62. The van der Waals surface area contributed by atoms with Crippen LogP contribution < -0.4 is 10.1 Å². The Labute approximate surface area is 185 Å². The summed E-state index contributed by atoms with van der Waals surface area (Å²) >= 11 is 1.93. The number of thioether (sulfide) groups is 1. The molecule has 0 aromatic heterocycles. The monoisotopic (exact) mass is 507 g/mol. The molecule has 1 saturated heterocycles. The maximum atomic E-state index is 5.92. The minimum Gasteiger partial charge on any atom is -0.492 e. The zero-order chi connectivity index (χ0) is 19.0. The highest BCUT2D eigenvalue weighted by molar-refractivity contribution is 14.0. The lowest BCUT2D eigenvalue weighted by atomic mass is 9.99. The molecule has 5 nitrogen and oxygen atoms in total. The number of nitrogens with one attached hydrogen (secondary N) is 1. The topological polar surface area (TPSA) is 46.1 Å². The Hall–Kier alpha value is -0.670. The molecule has 1 aromatic rings. The number of nitrogens with zero attached hydrogens (tertiary/aromatic N) is 2. The third-order valence-electron chi connectivity index (χ3n) is 4.87. The fourth-order valence-corrected chi connectivity index (χ4v) is 4.04. The number of aliphatic imine (C=N–C) groups is 1. The van der Waals surface area contributed by atoms with Crippen LogP contribution in [0.5, 0.6) is 5.75 Å². The summed E-state index contributed by atoms with van der Waals surface area (Å²) in [6.07, 6.45) is 4.35. The van der Waals surface area contributed by atoms with Gasteiger partial charge in [-0.05, 0) is 56.2 Å². The summed E-state index contributed by atoms with van der Waals surface area (Å²) in [5, 5.41) is 3.54. The van der Waals surface area contributed by atoms with Crippen molar-refractivity contribution in [1.82, 2.24) is 10.2 Å². The molecule has 0 unspecified atom stereocenters. The number of hydrogen-bond acceptors (Lipinski definition) is 4. The molecule has 154 valence electrons. The van der Waals surface area contributed by atoms with Gasteiger partial charge in [0.25, 0.3) is 0 Å². The van der Waals surface area contributed by atoms with Gasteiger partial charge in [-0.1, -0.05) is 6.07 Å². The zero-order valence-electron chi connectivity index (χ0n) is 17.2. The van der Waals surface area contributed by atoms with Gasteiger partial charge in [-0.2, -0.15) is 11.8 Å². The van der Waals surface area contributed by atoms with Crippen molar-refractivity contribution in [1.29, 1.82) is 0 Å². The number of halogens is 1. The van der Waals surface area contributed by atoms with E-state index in [0.29, 0.717) is 6.61 Å². The summed E-state index contributed by atoms with van der Waals surface area (Å²) in [6.45, 7) is 8.20. The predicted octanol–water partition coefficient (Wildman–Crippen LogP) is 3.72. The van der Waals surface area contributed by atoms with E-state index in [-0.39, 0.29) is 28.7 Å². The minimum absolute atomic E-state index is 0. The summed E-state index contributed by atoms with van der Waals surface area (Å²) in [5.74, 6) is 1.84. The summed E-state index contributed by atoms with van der Waals surface area (Å²) in [6, 6.07) is 6.31. The molecule has 1 heterocycles. The van der Waals surface area contributed by atoms with Crippen LogP contribution in [0.1, 0.15) is 24.0 Å². The predicted molar refractivity (Wildman–Crippen MR) is 127 cm³/mol. The molecular weight excluding hydrogens is 473 g/mol. The van der Waals surface area contributed by atoms with Gasteiger partial charge < -0.3 is 19.7 Å². The van der Waals surface area contributed by atoms with Crippen molar-refractivity contribution in [3.05, 3.63) is 29.3 Å². The van der Waals surface area contributed by atoms with E-state index in [9.17, 15) is 0 Å². The zero-order valence-corrected chi connectivity index (χ0v) is 20.4. The Kier molecular flexibility index (Phi) is 10.8. The van der Waals surface area contributed by atoms with Crippen LogP contribution in [0.15, 0.2) is 23.2 Å². The van der Waals surface area contributed by atoms with Crippen LogP contribution in [-0.2, 0) is 4.74 Å². The Morgan fingerprint density at radius 2 is 1.89 bits per heavy atom. The van der Waals surface area contributed by atoms with Crippen molar-refractivity contribution in [2.45, 2.75) is 31.4 Å². The van der Waals surface area contributed by atoms with Gasteiger partial charge in [0, 0.05) is 38.6 Å². The average molecular weight is 507 g/mol. The van der Waals surface area contributed by atoms with E-state index in [0.717, 1.165) is 50.9 Å². The van der Waals surface area contributed by atoms with E-state index in [1.807, 2.05) is 18.8 Å². The first-order valence-corrected chi connectivity index (χ1v) is 10.5. The summed E-state index contributed by atoms with van der Waals surface area (Å²) in [4.78, 5) is 6.55. The standard InChI is InChI=1S/C20H33N3O2S.HI/c1-16-12-17(2)14-18(13-16)25-11-8-23(4)19(21-3)22-15-20(26-5)6-9-24-10-7-20;/h12-14H,6-11,15H2,1-5H3,(H,21,22);1H. The molecule has 0 spiro atoms. The Morgan fingerprint density at radius 3 is 2.44 bits per heavy atom. The van der Waals surface area contributed by atoms with E-state index in [2.05, 4.69) is 60.6 Å². The van der Waals surface area contributed by atoms with Gasteiger partial charge in [-0.25, -0.2) is 0 Å². The van der Waals surface area contributed by atoms with Crippen LogP contribution in [-0.4, -0.2) is 68.9 Å².